The van der Waals surface area contributed by atoms with E-state index in [-0.39, 0.29) is 16.8 Å². The van der Waals surface area contributed by atoms with E-state index >= 15 is 0 Å². The highest BCUT2D eigenvalue weighted by Gasteiger charge is 2.25. The molecule has 1 aliphatic heterocycles. The number of methoxy groups -OCH3 is 1. The smallest absolute Gasteiger partial charge is 0.240 e. The number of hydrogen-bond donors (Lipinski definition) is 1. The molecule has 0 radical (unpaired) electrons. The first-order valence-corrected chi connectivity index (χ1v) is 11.0. The Kier molecular flexibility index (Phi) is 6.37. The van der Waals surface area contributed by atoms with Crippen molar-refractivity contribution in [1.82, 2.24) is 9.62 Å². The van der Waals surface area contributed by atoms with Gasteiger partial charge in [-0.25, -0.2) is 17.5 Å². The van der Waals surface area contributed by atoms with E-state index in [1.165, 1.54) is 19.2 Å². The fourth-order valence-electron chi connectivity index (χ4n) is 3.82. The van der Waals surface area contributed by atoms with Gasteiger partial charge in [0.15, 0.2) is 0 Å². The lowest BCUT2D eigenvalue weighted by atomic mass is 10.00. The minimum Gasteiger partial charge on any atom is -0.496 e. The number of aryl methyl sites for hydroxylation is 1. The summed E-state index contributed by atoms with van der Waals surface area (Å²) < 4.78 is 47.0. The number of sulfonamides is 1. The predicted molar refractivity (Wildman–Crippen MR) is 109 cm³/mol. The number of hydrogen-bond acceptors (Lipinski definition) is 4. The van der Waals surface area contributed by atoms with Crippen LogP contribution in [0.1, 0.15) is 25.3 Å². The van der Waals surface area contributed by atoms with Gasteiger partial charge in [-0.05, 0) is 68.2 Å². The summed E-state index contributed by atoms with van der Waals surface area (Å²) in [6, 6.07) is 9.55. The van der Waals surface area contributed by atoms with Crippen LogP contribution >= 0.6 is 0 Å². The Morgan fingerprint density at radius 1 is 1.21 bits per heavy atom. The molecule has 152 valence electrons. The molecule has 0 bridgehead atoms. The topological polar surface area (TPSA) is 58.6 Å². The molecule has 0 aliphatic carbocycles. The largest absolute Gasteiger partial charge is 0.496 e. The first kappa shape index (κ1) is 20.8. The van der Waals surface area contributed by atoms with Crippen LogP contribution in [-0.4, -0.2) is 46.1 Å². The highest BCUT2D eigenvalue weighted by atomic mass is 32.2. The molecule has 1 fully saturated rings. The fourth-order valence-corrected chi connectivity index (χ4v) is 4.98. The normalized spacial score (nSPS) is 17.8. The summed E-state index contributed by atoms with van der Waals surface area (Å²) in [4.78, 5) is 2.54. The lowest BCUT2D eigenvalue weighted by molar-refractivity contribution is 0.268. The summed E-state index contributed by atoms with van der Waals surface area (Å²) in [6.07, 6.45) is 2.12. The number of nitrogens with zero attached hydrogens (tertiary/aromatic N) is 1. The minimum absolute atomic E-state index is 0.232. The fraction of sp³-hybridized carbons (Fsp3) is 0.429. The van der Waals surface area contributed by atoms with Crippen LogP contribution in [0.3, 0.4) is 0 Å². The number of nitrogens with one attached hydrogen (secondary N) is 1. The van der Waals surface area contributed by atoms with Gasteiger partial charge in [-0.2, -0.15) is 0 Å². The summed E-state index contributed by atoms with van der Waals surface area (Å²) >= 11 is 0. The van der Waals surface area contributed by atoms with Crippen molar-refractivity contribution in [1.29, 1.82) is 0 Å². The monoisotopic (exact) mass is 406 g/mol. The zero-order chi connectivity index (χ0) is 20.3. The standard InChI is InChI=1S/C21H27FN2O3S/c1-4-24-11-5-6-17(24)14-23-28(25,26)18-8-10-19(15(2)12-18)20-9-7-16(22)13-21(20)27-3/h7-10,12-13,17,23H,4-6,11,14H2,1-3H3/t17-/m0/s1. The number of likely N-dealkylation sites (tertiary alicyclic amines) is 1. The van der Waals surface area contributed by atoms with Gasteiger partial charge in [0.1, 0.15) is 11.6 Å². The van der Waals surface area contributed by atoms with E-state index < -0.39 is 10.0 Å². The van der Waals surface area contributed by atoms with Gasteiger partial charge in [-0.15, -0.1) is 0 Å². The molecule has 7 heteroatoms. The summed E-state index contributed by atoms with van der Waals surface area (Å²) in [5.74, 6) is 0.0346. The Bertz CT molecular complexity index is 947. The van der Waals surface area contributed by atoms with Crippen LogP contribution in [0, 0.1) is 12.7 Å². The molecule has 28 heavy (non-hydrogen) atoms. The van der Waals surface area contributed by atoms with Crippen molar-refractivity contribution >= 4 is 10.0 Å². The van der Waals surface area contributed by atoms with Crippen LogP contribution in [0.4, 0.5) is 4.39 Å². The second-order valence-electron chi connectivity index (χ2n) is 7.10. The van der Waals surface area contributed by atoms with Gasteiger partial charge in [0.25, 0.3) is 0 Å². The SMILES string of the molecule is CCN1CCC[C@H]1CNS(=O)(=O)c1ccc(-c2ccc(F)cc2OC)c(C)c1. The Morgan fingerprint density at radius 2 is 1.96 bits per heavy atom. The van der Waals surface area contributed by atoms with Crippen molar-refractivity contribution in [3.63, 3.8) is 0 Å². The zero-order valence-corrected chi connectivity index (χ0v) is 17.4. The van der Waals surface area contributed by atoms with Crippen molar-refractivity contribution in [3.8, 4) is 16.9 Å². The maximum atomic E-state index is 13.5. The summed E-state index contributed by atoms with van der Waals surface area (Å²) in [5, 5.41) is 0. The van der Waals surface area contributed by atoms with Crippen molar-refractivity contribution in [2.75, 3.05) is 26.7 Å². The van der Waals surface area contributed by atoms with Crippen molar-refractivity contribution in [2.45, 2.75) is 37.6 Å². The van der Waals surface area contributed by atoms with Gasteiger partial charge < -0.3 is 4.74 Å². The number of benzene rings is 2. The molecule has 1 heterocycles. The Balaban J connectivity index is 1.81. The Hall–Kier alpha value is -1.96. The first-order chi connectivity index (χ1) is 13.4. The molecule has 2 aromatic carbocycles. The van der Waals surface area contributed by atoms with E-state index in [1.54, 1.807) is 24.3 Å². The third-order valence-electron chi connectivity index (χ3n) is 5.38. The number of ether oxygens (including phenoxy) is 1. The van der Waals surface area contributed by atoms with Crippen LogP contribution in [0.25, 0.3) is 11.1 Å². The molecule has 0 saturated carbocycles. The van der Waals surface area contributed by atoms with E-state index in [0.29, 0.717) is 12.3 Å². The summed E-state index contributed by atoms with van der Waals surface area (Å²) in [7, 11) is -2.11. The van der Waals surface area contributed by atoms with Crippen molar-refractivity contribution < 1.29 is 17.5 Å². The van der Waals surface area contributed by atoms with Crippen LogP contribution in [0.5, 0.6) is 5.75 Å². The van der Waals surface area contributed by atoms with Gasteiger partial charge in [0.05, 0.1) is 12.0 Å². The molecule has 0 aromatic heterocycles. The van der Waals surface area contributed by atoms with E-state index in [4.69, 9.17) is 4.74 Å². The molecule has 1 aliphatic rings. The quantitative estimate of drug-likeness (QED) is 0.764. The molecule has 2 aromatic rings. The number of likely N-dealkylation sites (N-methyl/N-ethyl adjacent to an activating group) is 1. The van der Waals surface area contributed by atoms with Crippen LogP contribution in [-0.2, 0) is 10.0 Å². The average molecular weight is 407 g/mol. The third kappa shape index (κ3) is 4.37. The minimum atomic E-state index is -3.59. The van der Waals surface area contributed by atoms with Gasteiger partial charge in [0.2, 0.25) is 10.0 Å². The van der Waals surface area contributed by atoms with E-state index in [9.17, 15) is 12.8 Å². The molecule has 1 atom stereocenters. The highest BCUT2D eigenvalue weighted by molar-refractivity contribution is 7.89. The van der Waals surface area contributed by atoms with Crippen LogP contribution in [0.15, 0.2) is 41.3 Å². The Labute approximate surface area is 166 Å². The van der Waals surface area contributed by atoms with Crippen LogP contribution < -0.4 is 9.46 Å². The molecular weight excluding hydrogens is 379 g/mol. The van der Waals surface area contributed by atoms with Crippen molar-refractivity contribution in [2.24, 2.45) is 0 Å². The zero-order valence-electron chi connectivity index (χ0n) is 16.5. The maximum absolute atomic E-state index is 13.5. The lowest BCUT2D eigenvalue weighted by Gasteiger charge is -2.23. The second-order valence-corrected chi connectivity index (χ2v) is 8.86. The van der Waals surface area contributed by atoms with E-state index in [1.807, 2.05) is 6.92 Å². The van der Waals surface area contributed by atoms with Gasteiger partial charge >= 0.3 is 0 Å². The molecule has 0 unspecified atom stereocenters. The second kappa shape index (κ2) is 8.59. The van der Waals surface area contributed by atoms with E-state index in [0.717, 1.165) is 42.6 Å². The van der Waals surface area contributed by atoms with E-state index in [2.05, 4.69) is 16.5 Å². The van der Waals surface area contributed by atoms with Crippen LogP contribution in [0.2, 0.25) is 0 Å². The summed E-state index contributed by atoms with van der Waals surface area (Å²) in [5.41, 5.74) is 2.32. The predicted octanol–water partition coefficient (Wildman–Crippen LogP) is 3.57. The number of rotatable bonds is 7. The molecule has 3 rings (SSSR count). The van der Waals surface area contributed by atoms with Crippen molar-refractivity contribution in [3.05, 3.63) is 47.8 Å². The molecule has 0 amide bonds. The first-order valence-electron chi connectivity index (χ1n) is 9.54. The molecule has 0 spiro atoms. The third-order valence-corrected chi connectivity index (χ3v) is 6.80. The van der Waals surface area contributed by atoms with Gasteiger partial charge in [-0.3, -0.25) is 4.90 Å². The number of halogens is 1. The molecule has 1 N–H and O–H groups in total. The average Bonchev–Trinajstić information content (AvgIpc) is 3.14. The maximum Gasteiger partial charge on any atom is 0.240 e. The Morgan fingerprint density at radius 3 is 2.64 bits per heavy atom. The molecule has 1 saturated heterocycles. The molecular formula is C21H27FN2O3S. The van der Waals surface area contributed by atoms with Gasteiger partial charge in [-0.1, -0.05) is 13.0 Å². The summed E-state index contributed by atoms with van der Waals surface area (Å²) in [6.45, 7) is 6.31. The highest BCUT2D eigenvalue weighted by Crippen LogP contribution is 2.33. The molecule has 5 nitrogen and oxygen atoms in total. The lowest BCUT2D eigenvalue weighted by Crippen LogP contribution is -2.40. The van der Waals surface area contributed by atoms with Gasteiger partial charge in [0, 0.05) is 24.2 Å².